The van der Waals surface area contributed by atoms with E-state index < -0.39 is 17.7 Å². The van der Waals surface area contributed by atoms with Crippen molar-refractivity contribution in [1.29, 1.82) is 0 Å². The molecule has 0 unspecified atom stereocenters. The van der Waals surface area contributed by atoms with Crippen LogP contribution in [-0.4, -0.2) is 22.4 Å². The molecule has 1 heterocycles. The first kappa shape index (κ1) is 23.5. The van der Waals surface area contributed by atoms with Crippen molar-refractivity contribution in [3.05, 3.63) is 99.6 Å². The maximum Gasteiger partial charge on any atom is 0.328 e. The average Bonchev–Trinajstić information content (AvgIpc) is 3.18. The van der Waals surface area contributed by atoms with E-state index in [0.29, 0.717) is 21.6 Å². The molecule has 172 valence electrons. The highest BCUT2D eigenvalue weighted by Crippen LogP contribution is 2.25. The van der Waals surface area contributed by atoms with E-state index >= 15 is 0 Å². The van der Waals surface area contributed by atoms with Crippen molar-refractivity contribution in [1.82, 2.24) is 9.99 Å². The Morgan fingerprint density at radius 2 is 1.62 bits per heavy atom. The topological polar surface area (TPSA) is 92.2 Å². The standard InChI is InChI=1S/C25H20BrClN4O3/c1-15(16-7-3-2-4-8-16)28-24(33)25(34)30-31-21-12-11-18(26)13-17(21)14-22(31)23(32)29-20-10-6-5-9-19(20)27/h2-15H,1H3,(H,28,33)(H,29,32)(H,30,34)/t15-/m1/s1. The molecule has 0 fully saturated rings. The molecule has 0 saturated heterocycles. The zero-order chi connectivity index (χ0) is 24.2. The molecule has 4 rings (SSSR count). The molecule has 0 aliphatic heterocycles. The minimum atomic E-state index is -0.907. The second-order valence-corrected chi connectivity index (χ2v) is 8.87. The minimum absolute atomic E-state index is 0.130. The number of para-hydroxylation sites is 1. The van der Waals surface area contributed by atoms with Crippen LogP contribution >= 0.6 is 27.5 Å². The zero-order valence-corrected chi connectivity index (χ0v) is 20.4. The van der Waals surface area contributed by atoms with Crippen LogP contribution in [0.5, 0.6) is 0 Å². The third kappa shape index (κ3) is 5.13. The molecule has 4 aromatic rings. The number of aromatic nitrogens is 1. The number of anilines is 1. The molecule has 3 aromatic carbocycles. The van der Waals surface area contributed by atoms with Crippen LogP contribution in [0.4, 0.5) is 5.69 Å². The fraction of sp³-hybridized carbons (Fsp3) is 0.0800. The molecule has 0 spiro atoms. The molecule has 34 heavy (non-hydrogen) atoms. The lowest BCUT2D eigenvalue weighted by molar-refractivity contribution is -0.137. The van der Waals surface area contributed by atoms with Gasteiger partial charge in [-0.1, -0.05) is 70.0 Å². The van der Waals surface area contributed by atoms with E-state index in [0.717, 1.165) is 10.0 Å². The molecular formula is C25H20BrClN4O3. The summed E-state index contributed by atoms with van der Waals surface area (Å²) in [4.78, 5) is 38.5. The van der Waals surface area contributed by atoms with Gasteiger partial charge >= 0.3 is 11.8 Å². The lowest BCUT2D eigenvalue weighted by Gasteiger charge is -2.16. The number of nitrogens with one attached hydrogen (secondary N) is 3. The van der Waals surface area contributed by atoms with Gasteiger partial charge in [-0.05, 0) is 48.9 Å². The summed E-state index contributed by atoms with van der Waals surface area (Å²) in [5, 5.41) is 6.48. The average molecular weight is 540 g/mol. The van der Waals surface area contributed by atoms with Crippen molar-refractivity contribution in [2.45, 2.75) is 13.0 Å². The summed E-state index contributed by atoms with van der Waals surface area (Å²) in [6.45, 7) is 1.78. The van der Waals surface area contributed by atoms with Crippen LogP contribution in [0.25, 0.3) is 10.9 Å². The van der Waals surface area contributed by atoms with E-state index in [9.17, 15) is 14.4 Å². The molecular weight excluding hydrogens is 520 g/mol. The molecule has 1 atom stereocenters. The maximum absolute atomic E-state index is 13.1. The Balaban J connectivity index is 1.60. The Morgan fingerprint density at radius 3 is 2.35 bits per heavy atom. The Morgan fingerprint density at radius 1 is 0.912 bits per heavy atom. The number of carbonyl (C=O) groups excluding carboxylic acids is 3. The number of nitrogens with zero attached hydrogens (tertiary/aromatic N) is 1. The van der Waals surface area contributed by atoms with Crippen LogP contribution in [-0.2, 0) is 9.59 Å². The van der Waals surface area contributed by atoms with Gasteiger partial charge < -0.3 is 10.6 Å². The lowest BCUT2D eigenvalue weighted by Crippen LogP contribution is -2.40. The molecule has 0 bridgehead atoms. The van der Waals surface area contributed by atoms with E-state index in [1.807, 2.05) is 36.4 Å². The van der Waals surface area contributed by atoms with Crippen LogP contribution in [0.2, 0.25) is 5.02 Å². The Kier molecular flexibility index (Phi) is 7.00. The minimum Gasteiger partial charge on any atom is -0.341 e. The Bertz CT molecular complexity index is 1390. The Hall–Kier alpha value is -3.62. The summed E-state index contributed by atoms with van der Waals surface area (Å²) < 4.78 is 2.10. The first-order valence-corrected chi connectivity index (χ1v) is 11.5. The maximum atomic E-state index is 13.1. The quantitative estimate of drug-likeness (QED) is 0.302. The fourth-order valence-corrected chi connectivity index (χ4v) is 4.02. The SMILES string of the molecule is C[C@@H](NC(=O)C(=O)Nn1c(C(=O)Nc2ccccc2Cl)cc2cc(Br)ccc21)c1ccccc1. The van der Waals surface area contributed by atoms with Crippen molar-refractivity contribution in [3.63, 3.8) is 0 Å². The van der Waals surface area contributed by atoms with E-state index in [2.05, 4.69) is 32.0 Å². The van der Waals surface area contributed by atoms with Gasteiger partial charge in [0, 0.05) is 9.86 Å². The smallest absolute Gasteiger partial charge is 0.328 e. The van der Waals surface area contributed by atoms with Gasteiger partial charge in [-0.3, -0.25) is 19.8 Å². The van der Waals surface area contributed by atoms with E-state index in [-0.39, 0.29) is 11.7 Å². The number of fused-ring (bicyclic) bond motifs is 1. The van der Waals surface area contributed by atoms with Crippen LogP contribution in [0.3, 0.4) is 0 Å². The normalized spacial score (nSPS) is 11.6. The van der Waals surface area contributed by atoms with Crippen LogP contribution in [0, 0.1) is 0 Å². The predicted octanol–water partition coefficient (Wildman–Crippen LogP) is 5.26. The Labute approximate surface area is 209 Å². The predicted molar refractivity (Wildman–Crippen MR) is 136 cm³/mol. The number of halogens is 2. The second-order valence-electron chi connectivity index (χ2n) is 7.55. The number of amides is 3. The van der Waals surface area contributed by atoms with Gasteiger partial charge in [-0.15, -0.1) is 0 Å². The van der Waals surface area contributed by atoms with E-state index in [4.69, 9.17) is 11.6 Å². The summed E-state index contributed by atoms with van der Waals surface area (Å²) in [7, 11) is 0. The summed E-state index contributed by atoms with van der Waals surface area (Å²) in [6.07, 6.45) is 0. The molecule has 1 aromatic heterocycles. The van der Waals surface area contributed by atoms with Gasteiger partial charge in [0.15, 0.2) is 0 Å². The van der Waals surface area contributed by atoms with Gasteiger partial charge in [0.2, 0.25) is 0 Å². The molecule has 3 N–H and O–H groups in total. The highest BCUT2D eigenvalue weighted by molar-refractivity contribution is 9.10. The molecule has 9 heteroatoms. The lowest BCUT2D eigenvalue weighted by atomic mass is 10.1. The largest absolute Gasteiger partial charge is 0.341 e. The van der Waals surface area contributed by atoms with Crippen LogP contribution in [0.15, 0.2) is 83.3 Å². The number of hydrogen-bond donors (Lipinski definition) is 3. The van der Waals surface area contributed by atoms with Gasteiger partial charge in [-0.2, -0.15) is 0 Å². The molecule has 0 aliphatic carbocycles. The van der Waals surface area contributed by atoms with E-state index in [1.165, 1.54) is 4.68 Å². The highest BCUT2D eigenvalue weighted by atomic mass is 79.9. The first-order chi connectivity index (χ1) is 16.3. The highest BCUT2D eigenvalue weighted by Gasteiger charge is 2.22. The van der Waals surface area contributed by atoms with Crippen molar-refractivity contribution in [2.24, 2.45) is 0 Å². The van der Waals surface area contributed by atoms with Gasteiger partial charge in [0.1, 0.15) is 5.69 Å². The monoisotopic (exact) mass is 538 g/mol. The van der Waals surface area contributed by atoms with Gasteiger partial charge in [0.05, 0.1) is 22.3 Å². The van der Waals surface area contributed by atoms with Gasteiger partial charge in [-0.25, -0.2) is 4.68 Å². The number of hydrogen-bond acceptors (Lipinski definition) is 3. The molecule has 0 radical (unpaired) electrons. The summed E-state index contributed by atoms with van der Waals surface area (Å²) >= 11 is 9.58. The van der Waals surface area contributed by atoms with Crippen molar-refractivity contribution < 1.29 is 14.4 Å². The molecule has 7 nitrogen and oxygen atoms in total. The van der Waals surface area contributed by atoms with E-state index in [1.54, 1.807) is 49.4 Å². The van der Waals surface area contributed by atoms with Gasteiger partial charge in [0.25, 0.3) is 5.91 Å². The first-order valence-electron chi connectivity index (χ1n) is 10.4. The molecule has 3 amide bonds. The summed E-state index contributed by atoms with van der Waals surface area (Å²) in [6, 6.07) is 22.7. The molecule has 0 aliphatic rings. The van der Waals surface area contributed by atoms with Crippen molar-refractivity contribution in [2.75, 3.05) is 10.7 Å². The second kappa shape index (κ2) is 10.1. The summed E-state index contributed by atoms with van der Waals surface area (Å²) in [5.74, 6) is -2.23. The third-order valence-electron chi connectivity index (χ3n) is 5.19. The number of carbonyl (C=O) groups is 3. The number of benzene rings is 3. The zero-order valence-electron chi connectivity index (χ0n) is 18.0. The molecule has 0 saturated carbocycles. The number of rotatable bonds is 5. The third-order valence-corrected chi connectivity index (χ3v) is 6.01. The fourth-order valence-electron chi connectivity index (χ4n) is 3.46. The van der Waals surface area contributed by atoms with Crippen LogP contribution in [0.1, 0.15) is 29.0 Å². The van der Waals surface area contributed by atoms with Crippen molar-refractivity contribution >= 4 is 61.8 Å². The van der Waals surface area contributed by atoms with Crippen molar-refractivity contribution in [3.8, 4) is 0 Å². The summed E-state index contributed by atoms with van der Waals surface area (Å²) in [5.41, 5.74) is 4.51. The van der Waals surface area contributed by atoms with Crippen LogP contribution < -0.4 is 16.1 Å².